The van der Waals surface area contributed by atoms with Crippen molar-refractivity contribution in [2.75, 3.05) is 5.73 Å². The summed E-state index contributed by atoms with van der Waals surface area (Å²) in [5, 5.41) is 12.7. The predicted octanol–water partition coefficient (Wildman–Crippen LogP) is 3.87. The van der Waals surface area contributed by atoms with Crippen molar-refractivity contribution in [1.82, 2.24) is 9.78 Å². The average molecular weight is 410 g/mol. The average Bonchev–Trinajstić information content (AvgIpc) is 2.69. The second kappa shape index (κ2) is 5.10. The van der Waals surface area contributed by atoms with Crippen molar-refractivity contribution in [2.24, 2.45) is 0 Å². The molecule has 2 rings (SSSR count). The number of hydrogen-bond acceptors (Lipinski definition) is 3. The van der Waals surface area contributed by atoms with E-state index in [9.17, 15) is 13.2 Å². The molecule has 4 nitrogen and oxygen atoms in total. The Labute approximate surface area is 128 Å². The molecule has 0 unspecified atom stereocenters. The molecule has 0 amide bonds. The van der Waals surface area contributed by atoms with Gasteiger partial charge >= 0.3 is 6.18 Å². The van der Waals surface area contributed by atoms with Gasteiger partial charge in [-0.25, -0.2) is 4.68 Å². The Morgan fingerprint density at radius 2 is 1.80 bits per heavy atom. The highest BCUT2D eigenvalue weighted by Gasteiger charge is 2.32. The van der Waals surface area contributed by atoms with Crippen LogP contribution in [-0.4, -0.2) is 9.78 Å². The third-order valence-electron chi connectivity index (χ3n) is 2.48. The van der Waals surface area contributed by atoms with Gasteiger partial charge in [0.1, 0.15) is 17.5 Å². The fourth-order valence-corrected chi connectivity index (χ4v) is 3.08. The van der Waals surface area contributed by atoms with E-state index in [1.807, 2.05) is 6.07 Å². The standard InChI is InChI=1S/C11H5Br2F3N4/c12-7-1-6(11(14,15)16)2-8(13)9(7)20-10(18)5(3-17)4-19-20/h1-2,4H,18H2. The lowest BCUT2D eigenvalue weighted by Gasteiger charge is -2.13. The van der Waals surface area contributed by atoms with Crippen molar-refractivity contribution in [3.05, 3.63) is 38.4 Å². The summed E-state index contributed by atoms with van der Waals surface area (Å²) in [7, 11) is 0. The van der Waals surface area contributed by atoms with Crippen molar-refractivity contribution >= 4 is 37.7 Å². The number of halogens is 5. The Morgan fingerprint density at radius 1 is 1.25 bits per heavy atom. The third-order valence-corrected chi connectivity index (χ3v) is 3.69. The number of alkyl halides is 3. The molecule has 1 heterocycles. The fourth-order valence-electron chi connectivity index (χ4n) is 1.55. The van der Waals surface area contributed by atoms with Gasteiger partial charge in [0, 0.05) is 8.95 Å². The Morgan fingerprint density at radius 3 is 2.20 bits per heavy atom. The van der Waals surface area contributed by atoms with Crippen LogP contribution in [0.5, 0.6) is 0 Å². The first-order valence-electron chi connectivity index (χ1n) is 5.06. The van der Waals surface area contributed by atoms with Crippen LogP contribution >= 0.6 is 31.9 Å². The van der Waals surface area contributed by atoms with Gasteiger partial charge in [0.25, 0.3) is 0 Å². The summed E-state index contributed by atoms with van der Waals surface area (Å²) in [5.74, 6) is 0.0497. The van der Waals surface area contributed by atoms with Gasteiger partial charge in [-0.15, -0.1) is 0 Å². The van der Waals surface area contributed by atoms with Gasteiger partial charge in [-0.2, -0.15) is 23.5 Å². The van der Waals surface area contributed by atoms with Crippen molar-refractivity contribution in [3.63, 3.8) is 0 Å². The molecule has 0 aliphatic carbocycles. The number of rotatable bonds is 1. The number of anilines is 1. The summed E-state index contributed by atoms with van der Waals surface area (Å²) in [6.07, 6.45) is -3.22. The van der Waals surface area contributed by atoms with Crippen LogP contribution in [-0.2, 0) is 6.18 Å². The van der Waals surface area contributed by atoms with Crippen LogP contribution in [0.3, 0.4) is 0 Å². The van der Waals surface area contributed by atoms with Gasteiger partial charge in [0.05, 0.1) is 17.4 Å². The van der Waals surface area contributed by atoms with E-state index in [4.69, 9.17) is 11.0 Å². The molecule has 9 heteroatoms. The van der Waals surface area contributed by atoms with Crippen LogP contribution in [0.4, 0.5) is 19.0 Å². The largest absolute Gasteiger partial charge is 0.416 e. The second-order valence-electron chi connectivity index (χ2n) is 3.75. The van der Waals surface area contributed by atoms with E-state index in [-0.39, 0.29) is 26.0 Å². The van der Waals surface area contributed by atoms with Crippen LogP contribution < -0.4 is 5.73 Å². The van der Waals surface area contributed by atoms with Crippen LogP contribution in [0.15, 0.2) is 27.3 Å². The number of aromatic nitrogens is 2. The maximum atomic E-state index is 12.7. The van der Waals surface area contributed by atoms with E-state index in [2.05, 4.69) is 37.0 Å². The topological polar surface area (TPSA) is 67.6 Å². The summed E-state index contributed by atoms with van der Waals surface area (Å²) in [5.41, 5.74) is 5.34. The highest BCUT2D eigenvalue weighted by atomic mass is 79.9. The van der Waals surface area contributed by atoms with Gasteiger partial charge < -0.3 is 5.73 Å². The first-order valence-corrected chi connectivity index (χ1v) is 6.64. The Bertz CT molecular complexity index is 692. The zero-order valence-electron chi connectivity index (χ0n) is 9.54. The predicted molar refractivity (Wildman–Crippen MR) is 73.1 cm³/mol. The number of hydrogen-bond donors (Lipinski definition) is 1. The fraction of sp³-hybridized carbons (Fsp3) is 0.0909. The second-order valence-corrected chi connectivity index (χ2v) is 5.46. The van der Waals surface area contributed by atoms with Crippen LogP contribution in [0.1, 0.15) is 11.1 Å². The minimum Gasteiger partial charge on any atom is -0.382 e. The highest BCUT2D eigenvalue weighted by molar-refractivity contribution is 9.11. The normalized spacial score (nSPS) is 11.4. The molecular weight excluding hydrogens is 405 g/mol. The summed E-state index contributed by atoms with van der Waals surface area (Å²) in [6, 6.07) is 3.69. The van der Waals surface area contributed by atoms with Crippen LogP contribution in [0, 0.1) is 11.3 Å². The first-order chi connectivity index (χ1) is 9.25. The molecule has 0 fully saturated rings. The van der Waals surface area contributed by atoms with E-state index in [0.717, 1.165) is 12.1 Å². The van der Waals surface area contributed by atoms with Crippen molar-refractivity contribution < 1.29 is 13.2 Å². The quantitative estimate of drug-likeness (QED) is 0.777. The molecule has 0 bridgehead atoms. The van der Waals surface area contributed by atoms with Gasteiger partial charge in [-0.1, -0.05) is 0 Å². The molecule has 1 aromatic carbocycles. The molecular formula is C11H5Br2F3N4. The molecule has 0 saturated carbocycles. The SMILES string of the molecule is N#Cc1cnn(-c2c(Br)cc(C(F)(F)F)cc2Br)c1N. The van der Waals surface area contributed by atoms with E-state index >= 15 is 0 Å². The Hall–Kier alpha value is -1.53. The highest BCUT2D eigenvalue weighted by Crippen LogP contribution is 2.38. The lowest BCUT2D eigenvalue weighted by Crippen LogP contribution is -2.08. The molecule has 0 atom stereocenters. The number of nitrogens with two attached hydrogens (primary N) is 1. The Balaban J connectivity index is 2.65. The molecule has 0 spiro atoms. The summed E-state index contributed by atoms with van der Waals surface area (Å²) >= 11 is 6.13. The third kappa shape index (κ3) is 2.53. The molecule has 1 aromatic heterocycles. The Kier molecular flexibility index (Phi) is 3.80. The molecule has 0 saturated heterocycles. The first kappa shape index (κ1) is 14.9. The van der Waals surface area contributed by atoms with Gasteiger partial charge in [0.15, 0.2) is 0 Å². The van der Waals surface area contributed by atoms with Crippen LogP contribution in [0.2, 0.25) is 0 Å². The molecule has 0 aliphatic heterocycles. The lowest BCUT2D eigenvalue weighted by molar-refractivity contribution is -0.137. The molecule has 2 aromatic rings. The monoisotopic (exact) mass is 408 g/mol. The van der Waals surface area contributed by atoms with E-state index in [1.54, 1.807) is 0 Å². The van der Waals surface area contributed by atoms with E-state index in [0.29, 0.717) is 0 Å². The maximum absolute atomic E-state index is 12.7. The molecule has 0 aliphatic rings. The summed E-state index contributed by atoms with van der Waals surface area (Å²) in [4.78, 5) is 0. The van der Waals surface area contributed by atoms with Crippen molar-refractivity contribution in [2.45, 2.75) is 6.18 Å². The molecule has 2 N–H and O–H groups in total. The van der Waals surface area contributed by atoms with Crippen molar-refractivity contribution in [1.29, 1.82) is 5.26 Å². The lowest BCUT2D eigenvalue weighted by atomic mass is 10.2. The zero-order chi connectivity index (χ0) is 15.1. The van der Waals surface area contributed by atoms with Gasteiger partial charge in [-0.05, 0) is 44.0 Å². The number of nitrogens with zero attached hydrogens (tertiary/aromatic N) is 3. The number of benzene rings is 1. The molecule has 0 radical (unpaired) electrons. The van der Waals surface area contributed by atoms with E-state index < -0.39 is 11.7 Å². The molecule has 104 valence electrons. The smallest absolute Gasteiger partial charge is 0.382 e. The number of nitrogen functional groups attached to an aromatic ring is 1. The minimum atomic E-state index is -4.46. The van der Waals surface area contributed by atoms with Gasteiger partial charge in [0.2, 0.25) is 0 Å². The van der Waals surface area contributed by atoms with Crippen molar-refractivity contribution in [3.8, 4) is 11.8 Å². The minimum absolute atomic E-state index is 0.0497. The van der Waals surface area contributed by atoms with E-state index in [1.165, 1.54) is 10.9 Å². The van der Waals surface area contributed by atoms with Gasteiger partial charge in [-0.3, -0.25) is 0 Å². The molecule has 20 heavy (non-hydrogen) atoms. The maximum Gasteiger partial charge on any atom is 0.416 e. The summed E-state index contributed by atoms with van der Waals surface area (Å²) < 4.78 is 39.6. The zero-order valence-corrected chi connectivity index (χ0v) is 12.7. The van der Waals surface area contributed by atoms with Crippen LogP contribution in [0.25, 0.3) is 5.69 Å². The summed E-state index contributed by atoms with van der Waals surface area (Å²) in [6.45, 7) is 0. The number of nitriles is 1.